The fraction of sp³-hybridized carbons (Fsp3) is 0.618. The number of ether oxygens (including phenoxy) is 2. The van der Waals surface area contributed by atoms with Crippen LogP contribution in [0, 0.1) is 5.92 Å². The first-order chi connectivity index (χ1) is 19.0. The van der Waals surface area contributed by atoms with Gasteiger partial charge >= 0.3 is 0 Å². The van der Waals surface area contributed by atoms with E-state index in [1.54, 1.807) is 7.11 Å². The Bertz CT molecular complexity index is 1090. The zero-order chi connectivity index (χ0) is 27.3. The summed E-state index contributed by atoms with van der Waals surface area (Å²) in [6.45, 7) is 3.26. The van der Waals surface area contributed by atoms with Crippen LogP contribution in [-0.2, 0) is 21.4 Å². The molecule has 3 unspecified atom stereocenters. The quantitative estimate of drug-likeness (QED) is 0.303. The SMILES string of the molecule is COc1cccc(C23CCN(CC4CC4)CC2(OC)CCC(N(C)C(=O)CCCCCc2ccccc2)C3)c1. The normalized spacial score (nSPS) is 27.1. The molecule has 212 valence electrons. The molecule has 1 amide bonds. The first-order valence-electron chi connectivity index (χ1n) is 15.2. The predicted octanol–water partition coefficient (Wildman–Crippen LogP) is 6.25. The lowest BCUT2D eigenvalue weighted by Crippen LogP contribution is -2.68. The maximum atomic E-state index is 13.4. The topological polar surface area (TPSA) is 42.0 Å². The zero-order valence-electron chi connectivity index (χ0n) is 24.4. The largest absolute Gasteiger partial charge is 0.497 e. The van der Waals surface area contributed by atoms with Gasteiger partial charge in [-0.1, -0.05) is 48.9 Å². The van der Waals surface area contributed by atoms with Gasteiger partial charge in [0.2, 0.25) is 5.91 Å². The summed E-state index contributed by atoms with van der Waals surface area (Å²) in [5.41, 5.74) is 2.31. The number of hydrogen-bond donors (Lipinski definition) is 0. The second-order valence-electron chi connectivity index (χ2n) is 12.4. The van der Waals surface area contributed by atoms with Crippen LogP contribution >= 0.6 is 0 Å². The van der Waals surface area contributed by atoms with Gasteiger partial charge in [0.05, 0.1) is 12.7 Å². The van der Waals surface area contributed by atoms with Crippen molar-refractivity contribution >= 4 is 5.91 Å². The summed E-state index contributed by atoms with van der Waals surface area (Å²) in [6, 6.07) is 19.5. The molecule has 2 aromatic rings. The van der Waals surface area contributed by atoms with Crippen LogP contribution in [0.4, 0.5) is 0 Å². The minimum Gasteiger partial charge on any atom is -0.497 e. The monoisotopic (exact) mass is 532 g/mol. The first kappa shape index (κ1) is 28.2. The molecule has 3 fully saturated rings. The van der Waals surface area contributed by atoms with E-state index < -0.39 is 0 Å². The average Bonchev–Trinajstić information content (AvgIpc) is 3.80. The third-order valence-corrected chi connectivity index (χ3v) is 10.0. The van der Waals surface area contributed by atoms with E-state index in [2.05, 4.69) is 58.3 Å². The number of aryl methyl sites for hydroxylation is 1. The number of amides is 1. The number of benzene rings is 2. The van der Waals surface area contributed by atoms with E-state index in [1.165, 1.54) is 30.5 Å². The summed E-state index contributed by atoms with van der Waals surface area (Å²) in [7, 11) is 5.70. The highest BCUT2D eigenvalue weighted by atomic mass is 16.5. The van der Waals surface area contributed by atoms with Crippen LogP contribution in [0.25, 0.3) is 0 Å². The Kier molecular flexibility index (Phi) is 8.98. The molecule has 5 rings (SSSR count). The number of rotatable bonds is 12. The summed E-state index contributed by atoms with van der Waals surface area (Å²) in [5, 5.41) is 0. The van der Waals surface area contributed by atoms with Crippen LogP contribution in [0.1, 0.15) is 75.3 Å². The van der Waals surface area contributed by atoms with Crippen LogP contribution in [0.3, 0.4) is 0 Å². The molecule has 0 N–H and O–H groups in total. The minimum atomic E-state index is -0.246. The van der Waals surface area contributed by atoms with E-state index in [0.717, 1.165) is 76.1 Å². The Labute approximate surface area is 235 Å². The molecular formula is C34H48N2O3. The van der Waals surface area contributed by atoms with Crippen molar-refractivity contribution < 1.29 is 14.3 Å². The van der Waals surface area contributed by atoms with Crippen molar-refractivity contribution in [3.63, 3.8) is 0 Å². The van der Waals surface area contributed by atoms with Crippen molar-refractivity contribution in [2.75, 3.05) is 40.9 Å². The highest BCUT2D eigenvalue weighted by Crippen LogP contribution is 2.54. The smallest absolute Gasteiger partial charge is 0.222 e. The summed E-state index contributed by atoms with van der Waals surface area (Å²) in [5.74, 6) is 2.06. The first-order valence-corrected chi connectivity index (χ1v) is 15.2. The number of nitrogens with zero attached hydrogens (tertiary/aromatic N) is 2. The summed E-state index contributed by atoms with van der Waals surface area (Å²) in [4.78, 5) is 18.1. The number of piperidine rings is 1. The number of hydrogen-bond acceptors (Lipinski definition) is 4. The van der Waals surface area contributed by atoms with Crippen LogP contribution in [-0.4, -0.2) is 68.3 Å². The fourth-order valence-electron chi connectivity index (χ4n) is 7.45. The van der Waals surface area contributed by atoms with Crippen molar-refractivity contribution in [1.82, 2.24) is 9.80 Å². The van der Waals surface area contributed by atoms with Crippen molar-refractivity contribution in [3.05, 3.63) is 65.7 Å². The molecule has 2 saturated carbocycles. The van der Waals surface area contributed by atoms with Gasteiger partial charge in [0, 0.05) is 45.1 Å². The van der Waals surface area contributed by atoms with Crippen molar-refractivity contribution in [1.29, 1.82) is 0 Å². The lowest BCUT2D eigenvalue weighted by molar-refractivity contribution is -0.160. The minimum absolute atomic E-state index is 0.135. The second-order valence-corrected chi connectivity index (χ2v) is 12.4. The zero-order valence-corrected chi connectivity index (χ0v) is 24.4. The van der Waals surface area contributed by atoms with Crippen molar-refractivity contribution in [3.8, 4) is 5.75 Å². The van der Waals surface area contributed by atoms with E-state index in [1.807, 2.05) is 20.2 Å². The molecule has 1 heterocycles. The molecule has 1 saturated heterocycles. The number of carbonyl (C=O) groups is 1. The molecule has 5 nitrogen and oxygen atoms in total. The van der Waals surface area contributed by atoms with Gasteiger partial charge in [-0.05, 0) is 93.5 Å². The maximum absolute atomic E-state index is 13.4. The predicted molar refractivity (Wildman–Crippen MR) is 157 cm³/mol. The summed E-state index contributed by atoms with van der Waals surface area (Å²) >= 11 is 0. The maximum Gasteiger partial charge on any atom is 0.222 e. The third kappa shape index (κ3) is 6.20. The molecule has 0 radical (unpaired) electrons. The number of likely N-dealkylation sites (tertiary alicyclic amines) is 1. The van der Waals surface area contributed by atoms with Crippen molar-refractivity contribution in [2.24, 2.45) is 5.92 Å². The van der Waals surface area contributed by atoms with E-state index >= 15 is 0 Å². The molecular weight excluding hydrogens is 484 g/mol. The van der Waals surface area contributed by atoms with Crippen LogP contribution in [0.15, 0.2) is 54.6 Å². The second kappa shape index (κ2) is 12.4. The number of carbonyl (C=O) groups excluding carboxylic acids is 1. The van der Waals surface area contributed by atoms with Crippen LogP contribution < -0.4 is 4.74 Å². The molecule has 5 heteroatoms. The van der Waals surface area contributed by atoms with E-state index in [0.29, 0.717) is 6.42 Å². The van der Waals surface area contributed by atoms with Gasteiger partial charge in [-0.15, -0.1) is 0 Å². The summed E-state index contributed by atoms with van der Waals surface area (Å²) < 4.78 is 12.2. The molecule has 0 spiro atoms. The molecule has 0 aromatic heterocycles. The lowest BCUT2D eigenvalue weighted by atomic mass is 9.55. The van der Waals surface area contributed by atoms with Gasteiger partial charge in [0.15, 0.2) is 0 Å². The Morgan fingerprint density at radius 3 is 2.56 bits per heavy atom. The van der Waals surface area contributed by atoms with Crippen molar-refractivity contribution in [2.45, 2.75) is 87.7 Å². The average molecular weight is 533 g/mol. The highest BCUT2D eigenvalue weighted by Gasteiger charge is 2.59. The van der Waals surface area contributed by atoms with Gasteiger partial charge < -0.3 is 19.3 Å². The summed E-state index contributed by atoms with van der Waals surface area (Å²) in [6.07, 6.45) is 11.6. The highest BCUT2D eigenvalue weighted by molar-refractivity contribution is 5.76. The van der Waals surface area contributed by atoms with E-state index in [-0.39, 0.29) is 23.0 Å². The molecule has 2 aliphatic carbocycles. The number of fused-ring (bicyclic) bond motifs is 1. The molecule has 39 heavy (non-hydrogen) atoms. The Balaban J connectivity index is 1.27. The van der Waals surface area contributed by atoms with Gasteiger partial charge in [0.1, 0.15) is 5.75 Å². The standard InChI is InChI=1S/C34H48N2O3/c1-35(32(37)16-9-5-8-13-27-11-6-4-7-12-27)30-19-20-34(39-3)26-36(25-28-17-18-28)22-21-33(34,24-30)29-14-10-15-31(23-29)38-2/h4,6-7,10-12,14-15,23,28,30H,5,8-9,13,16-22,24-26H2,1-3H3. The van der Waals surface area contributed by atoms with Gasteiger partial charge in [-0.3, -0.25) is 4.79 Å². The van der Waals surface area contributed by atoms with Gasteiger partial charge in [0.25, 0.3) is 0 Å². The lowest BCUT2D eigenvalue weighted by Gasteiger charge is -2.60. The molecule has 0 bridgehead atoms. The van der Waals surface area contributed by atoms with Gasteiger partial charge in [-0.25, -0.2) is 0 Å². The third-order valence-electron chi connectivity index (χ3n) is 10.0. The Morgan fingerprint density at radius 2 is 1.82 bits per heavy atom. The number of methoxy groups -OCH3 is 2. The number of unbranched alkanes of at least 4 members (excludes halogenated alkanes) is 2. The molecule has 3 aliphatic rings. The van der Waals surface area contributed by atoms with E-state index in [9.17, 15) is 4.79 Å². The molecule has 1 aliphatic heterocycles. The van der Waals surface area contributed by atoms with Crippen LogP contribution in [0.5, 0.6) is 5.75 Å². The molecule has 3 atom stereocenters. The Hall–Kier alpha value is -2.37. The van der Waals surface area contributed by atoms with Crippen LogP contribution in [0.2, 0.25) is 0 Å². The molecule has 2 aromatic carbocycles. The fourth-order valence-corrected chi connectivity index (χ4v) is 7.45. The van der Waals surface area contributed by atoms with Gasteiger partial charge in [-0.2, -0.15) is 0 Å². The Morgan fingerprint density at radius 1 is 1.00 bits per heavy atom. The van der Waals surface area contributed by atoms with E-state index in [4.69, 9.17) is 9.47 Å².